The molecule has 1 aromatic rings. The van der Waals surface area contributed by atoms with Crippen LogP contribution in [0.3, 0.4) is 0 Å². The fourth-order valence-electron chi connectivity index (χ4n) is 1.13. The SMILES string of the molecule is NC(C(=O)c1ccsc1)C(=O)C1CO1. The van der Waals surface area contributed by atoms with E-state index in [9.17, 15) is 9.59 Å². The van der Waals surface area contributed by atoms with Gasteiger partial charge in [0.25, 0.3) is 0 Å². The van der Waals surface area contributed by atoms with E-state index in [1.807, 2.05) is 0 Å². The zero-order valence-electron chi connectivity index (χ0n) is 7.30. The maximum Gasteiger partial charge on any atom is 0.188 e. The molecule has 5 heteroatoms. The fourth-order valence-corrected chi connectivity index (χ4v) is 1.77. The molecule has 0 aliphatic carbocycles. The lowest BCUT2D eigenvalue weighted by Crippen LogP contribution is -2.41. The summed E-state index contributed by atoms with van der Waals surface area (Å²) in [5, 5.41) is 3.46. The van der Waals surface area contributed by atoms with Gasteiger partial charge in [-0.3, -0.25) is 9.59 Å². The van der Waals surface area contributed by atoms with Crippen molar-refractivity contribution in [1.29, 1.82) is 0 Å². The number of ketones is 2. The minimum absolute atomic E-state index is 0.318. The number of epoxide rings is 1. The van der Waals surface area contributed by atoms with Crippen LogP contribution in [0.15, 0.2) is 16.8 Å². The molecule has 74 valence electrons. The molecular weight excluding hydrogens is 202 g/mol. The third-order valence-corrected chi connectivity index (χ3v) is 2.73. The standard InChI is InChI=1S/C9H9NO3S/c10-7(9(12)6-3-13-6)8(11)5-1-2-14-4-5/h1-2,4,6-7H,3,10H2. The quantitative estimate of drug-likeness (QED) is 0.439. The molecule has 1 aliphatic rings. The second kappa shape index (κ2) is 3.61. The zero-order valence-corrected chi connectivity index (χ0v) is 8.12. The molecule has 2 N–H and O–H groups in total. The molecule has 0 radical (unpaired) electrons. The van der Waals surface area contributed by atoms with Crippen LogP contribution in [0.25, 0.3) is 0 Å². The summed E-state index contributed by atoms with van der Waals surface area (Å²) in [7, 11) is 0. The molecule has 1 aliphatic heterocycles. The predicted molar refractivity (Wildman–Crippen MR) is 51.4 cm³/mol. The molecule has 2 rings (SSSR count). The fraction of sp³-hybridized carbons (Fsp3) is 0.333. The maximum atomic E-state index is 11.6. The van der Waals surface area contributed by atoms with Crippen molar-refractivity contribution in [1.82, 2.24) is 0 Å². The summed E-state index contributed by atoms with van der Waals surface area (Å²) in [4.78, 5) is 23.0. The lowest BCUT2D eigenvalue weighted by Gasteiger charge is -2.05. The van der Waals surface area contributed by atoms with E-state index in [1.165, 1.54) is 11.3 Å². The number of carbonyl (C=O) groups is 2. The highest BCUT2D eigenvalue weighted by Gasteiger charge is 2.37. The Balaban J connectivity index is 2.07. The molecule has 1 aromatic heterocycles. The average Bonchev–Trinajstić information content (AvgIpc) is 2.90. The molecule has 1 saturated heterocycles. The van der Waals surface area contributed by atoms with Crippen LogP contribution >= 0.6 is 11.3 Å². The van der Waals surface area contributed by atoms with Gasteiger partial charge >= 0.3 is 0 Å². The Morgan fingerprint density at radius 2 is 2.36 bits per heavy atom. The molecule has 0 aromatic carbocycles. The normalized spacial score (nSPS) is 21.6. The summed E-state index contributed by atoms with van der Waals surface area (Å²) < 4.78 is 4.78. The van der Waals surface area contributed by atoms with E-state index in [0.29, 0.717) is 12.2 Å². The van der Waals surface area contributed by atoms with Gasteiger partial charge in [-0.15, -0.1) is 0 Å². The molecule has 2 heterocycles. The van der Waals surface area contributed by atoms with E-state index in [-0.39, 0.29) is 11.6 Å². The van der Waals surface area contributed by atoms with Crippen LogP contribution in [0, 0.1) is 0 Å². The lowest BCUT2D eigenvalue weighted by molar-refractivity contribution is -0.120. The summed E-state index contributed by atoms with van der Waals surface area (Å²) in [5.41, 5.74) is 6.02. The summed E-state index contributed by atoms with van der Waals surface area (Å²) in [6.07, 6.45) is -0.451. The number of ether oxygens (including phenoxy) is 1. The molecule has 0 bridgehead atoms. The summed E-state index contributed by atoms with van der Waals surface area (Å²) in [5.74, 6) is -0.645. The number of rotatable bonds is 4. The Morgan fingerprint density at radius 3 is 2.86 bits per heavy atom. The van der Waals surface area contributed by atoms with Gasteiger partial charge in [0.15, 0.2) is 11.6 Å². The van der Waals surface area contributed by atoms with Gasteiger partial charge in [0.1, 0.15) is 12.1 Å². The van der Waals surface area contributed by atoms with Crippen LogP contribution in [-0.4, -0.2) is 30.3 Å². The number of thiophene rings is 1. The number of carbonyl (C=O) groups excluding carboxylic acids is 2. The predicted octanol–water partition coefficient (Wildman–Crippen LogP) is 0.226. The van der Waals surface area contributed by atoms with E-state index >= 15 is 0 Å². The minimum atomic E-state index is -1.07. The van der Waals surface area contributed by atoms with E-state index in [0.717, 1.165) is 0 Å². The molecule has 14 heavy (non-hydrogen) atoms. The highest BCUT2D eigenvalue weighted by Crippen LogP contribution is 2.15. The molecule has 0 amide bonds. The van der Waals surface area contributed by atoms with Crippen molar-refractivity contribution < 1.29 is 14.3 Å². The largest absolute Gasteiger partial charge is 0.365 e. The number of nitrogens with two attached hydrogens (primary N) is 1. The Kier molecular flexibility index (Phi) is 2.45. The van der Waals surface area contributed by atoms with Crippen molar-refractivity contribution in [2.24, 2.45) is 5.73 Å². The monoisotopic (exact) mass is 211 g/mol. The zero-order chi connectivity index (χ0) is 10.1. The first-order chi connectivity index (χ1) is 6.70. The van der Waals surface area contributed by atoms with Gasteiger partial charge in [-0.1, -0.05) is 0 Å². The Hall–Kier alpha value is -1.04. The molecule has 1 fully saturated rings. The number of hydrogen-bond donors (Lipinski definition) is 1. The highest BCUT2D eigenvalue weighted by atomic mass is 32.1. The smallest absolute Gasteiger partial charge is 0.188 e. The molecule has 4 nitrogen and oxygen atoms in total. The summed E-state index contributed by atoms with van der Waals surface area (Å²) in [6, 6.07) is 0.588. The van der Waals surface area contributed by atoms with Crippen LogP contribution in [0.4, 0.5) is 0 Å². The summed E-state index contributed by atoms with van der Waals surface area (Å²) >= 11 is 1.40. The van der Waals surface area contributed by atoms with Gasteiger partial charge in [-0.25, -0.2) is 0 Å². The van der Waals surface area contributed by atoms with Crippen molar-refractivity contribution in [3.05, 3.63) is 22.4 Å². The first kappa shape index (κ1) is 9.51. The van der Waals surface area contributed by atoms with Crippen molar-refractivity contribution >= 4 is 22.9 Å². The third kappa shape index (κ3) is 1.75. The molecule has 2 atom stereocenters. The Morgan fingerprint density at radius 1 is 1.64 bits per heavy atom. The average molecular weight is 211 g/mol. The molecular formula is C9H9NO3S. The van der Waals surface area contributed by atoms with Gasteiger partial charge in [0.05, 0.1) is 6.61 Å². The second-order valence-electron chi connectivity index (χ2n) is 3.08. The minimum Gasteiger partial charge on any atom is -0.365 e. The first-order valence-electron chi connectivity index (χ1n) is 4.17. The molecule has 0 saturated carbocycles. The van der Waals surface area contributed by atoms with Gasteiger partial charge in [-0.05, 0) is 11.4 Å². The van der Waals surface area contributed by atoms with Gasteiger partial charge in [0.2, 0.25) is 0 Å². The Labute approximate surface area is 84.7 Å². The third-order valence-electron chi connectivity index (χ3n) is 2.05. The maximum absolute atomic E-state index is 11.6. The van der Waals surface area contributed by atoms with Crippen molar-refractivity contribution in [2.75, 3.05) is 6.61 Å². The van der Waals surface area contributed by atoms with Crippen LogP contribution in [0.5, 0.6) is 0 Å². The van der Waals surface area contributed by atoms with Crippen LogP contribution in [-0.2, 0) is 9.53 Å². The lowest BCUT2D eigenvalue weighted by atomic mass is 10.0. The highest BCUT2D eigenvalue weighted by molar-refractivity contribution is 7.08. The van der Waals surface area contributed by atoms with Crippen LogP contribution in [0.1, 0.15) is 10.4 Å². The van der Waals surface area contributed by atoms with Crippen molar-refractivity contribution in [3.63, 3.8) is 0 Å². The van der Waals surface area contributed by atoms with Gasteiger partial charge in [0, 0.05) is 10.9 Å². The van der Waals surface area contributed by atoms with Crippen LogP contribution < -0.4 is 5.73 Å². The topological polar surface area (TPSA) is 72.7 Å². The Bertz CT molecular complexity index is 356. The van der Waals surface area contributed by atoms with E-state index in [1.54, 1.807) is 16.8 Å². The molecule has 0 spiro atoms. The van der Waals surface area contributed by atoms with Crippen molar-refractivity contribution in [3.8, 4) is 0 Å². The number of hydrogen-bond acceptors (Lipinski definition) is 5. The second-order valence-corrected chi connectivity index (χ2v) is 3.86. The van der Waals surface area contributed by atoms with Crippen molar-refractivity contribution in [2.45, 2.75) is 12.1 Å². The van der Waals surface area contributed by atoms with Gasteiger partial charge < -0.3 is 10.5 Å². The van der Waals surface area contributed by atoms with Gasteiger partial charge in [-0.2, -0.15) is 11.3 Å². The van der Waals surface area contributed by atoms with E-state index in [4.69, 9.17) is 10.5 Å². The summed E-state index contributed by atoms with van der Waals surface area (Å²) in [6.45, 7) is 0.392. The van der Waals surface area contributed by atoms with E-state index in [2.05, 4.69) is 0 Å². The van der Waals surface area contributed by atoms with Crippen LogP contribution in [0.2, 0.25) is 0 Å². The number of Topliss-reactive ketones (excluding diaryl/α,β-unsaturated/α-hetero) is 2. The van der Waals surface area contributed by atoms with E-state index < -0.39 is 12.1 Å². The molecule has 2 unspecified atom stereocenters. The first-order valence-corrected chi connectivity index (χ1v) is 5.12.